The van der Waals surface area contributed by atoms with Crippen molar-refractivity contribution in [2.45, 2.75) is 32.9 Å². The van der Waals surface area contributed by atoms with E-state index in [2.05, 4.69) is 10.6 Å². The molecule has 27 heavy (non-hydrogen) atoms. The molecule has 0 spiro atoms. The molecule has 8 heteroatoms. The Morgan fingerprint density at radius 3 is 2.07 bits per heavy atom. The Balaban J connectivity index is 1.66. The van der Waals surface area contributed by atoms with Gasteiger partial charge >= 0.3 is 12.1 Å². The monoisotopic (exact) mass is 376 g/mol. The van der Waals surface area contributed by atoms with Gasteiger partial charge in [-0.05, 0) is 38.5 Å². The lowest BCUT2D eigenvalue weighted by molar-refractivity contribution is 0.0221. The van der Waals surface area contributed by atoms with Gasteiger partial charge in [0, 0.05) is 24.5 Å². The van der Waals surface area contributed by atoms with Crippen LogP contribution in [-0.4, -0.2) is 73.5 Å². The highest BCUT2D eigenvalue weighted by atomic mass is 16.5. The fourth-order valence-corrected chi connectivity index (χ4v) is 3.27. The van der Waals surface area contributed by atoms with Gasteiger partial charge in [-0.15, -0.1) is 0 Å². The van der Waals surface area contributed by atoms with Gasteiger partial charge in [0.2, 0.25) is 0 Å². The summed E-state index contributed by atoms with van der Waals surface area (Å²) in [6.07, 6.45) is 0. The van der Waals surface area contributed by atoms with Crippen molar-refractivity contribution in [2.75, 3.05) is 50.2 Å². The largest absolute Gasteiger partial charge is 0.377 e. The van der Waals surface area contributed by atoms with E-state index in [1.807, 2.05) is 32.9 Å². The Morgan fingerprint density at radius 2 is 1.52 bits per heavy atom. The van der Waals surface area contributed by atoms with E-state index in [1.165, 1.54) is 0 Å². The number of aryl methyl sites for hydroxylation is 1. The van der Waals surface area contributed by atoms with Crippen LogP contribution in [0.2, 0.25) is 0 Å². The number of hydrogen-bond acceptors (Lipinski definition) is 4. The van der Waals surface area contributed by atoms with Gasteiger partial charge in [-0.25, -0.2) is 9.59 Å². The summed E-state index contributed by atoms with van der Waals surface area (Å²) < 4.78 is 10.8. The van der Waals surface area contributed by atoms with Gasteiger partial charge < -0.3 is 29.9 Å². The fourth-order valence-electron chi connectivity index (χ4n) is 3.27. The first-order chi connectivity index (χ1) is 13.0. The van der Waals surface area contributed by atoms with Crippen molar-refractivity contribution in [1.29, 1.82) is 0 Å². The third-order valence-corrected chi connectivity index (χ3v) is 4.99. The summed E-state index contributed by atoms with van der Waals surface area (Å²) >= 11 is 0. The fraction of sp³-hybridized carbons (Fsp3) is 0.579. The third kappa shape index (κ3) is 4.70. The van der Waals surface area contributed by atoms with E-state index in [4.69, 9.17) is 9.47 Å². The molecular weight excluding hydrogens is 348 g/mol. The molecule has 2 N–H and O–H groups in total. The summed E-state index contributed by atoms with van der Waals surface area (Å²) in [5.41, 5.74) is 2.27. The summed E-state index contributed by atoms with van der Waals surface area (Å²) in [5.74, 6) is 0. The lowest BCUT2D eigenvalue weighted by Crippen LogP contribution is -2.49. The third-order valence-electron chi connectivity index (χ3n) is 4.99. The van der Waals surface area contributed by atoms with Crippen LogP contribution in [0, 0.1) is 6.92 Å². The van der Waals surface area contributed by atoms with E-state index >= 15 is 0 Å². The summed E-state index contributed by atoms with van der Waals surface area (Å²) in [4.78, 5) is 28.7. The maximum Gasteiger partial charge on any atom is 0.322 e. The van der Waals surface area contributed by atoms with Crippen molar-refractivity contribution >= 4 is 23.4 Å². The van der Waals surface area contributed by atoms with Crippen LogP contribution >= 0.6 is 0 Å². The predicted octanol–water partition coefficient (Wildman–Crippen LogP) is 2.50. The Bertz CT molecular complexity index is 696. The molecule has 0 saturated carbocycles. The SMILES string of the molecule is Cc1ccc(NC(=O)N2CCOCC2C)cc1NC(=O)N1CCOCC1C. The number of nitrogens with zero attached hydrogens (tertiary/aromatic N) is 2. The predicted molar refractivity (Wildman–Crippen MR) is 103 cm³/mol. The van der Waals surface area contributed by atoms with Gasteiger partial charge in [-0.3, -0.25) is 0 Å². The maximum absolute atomic E-state index is 12.6. The van der Waals surface area contributed by atoms with E-state index in [-0.39, 0.29) is 24.1 Å². The molecule has 4 amide bonds. The van der Waals surface area contributed by atoms with Gasteiger partial charge in [0.25, 0.3) is 0 Å². The van der Waals surface area contributed by atoms with Gasteiger partial charge in [0.1, 0.15) is 0 Å². The average molecular weight is 376 g/mol. The minimum Gasteiger partial charge on any atom is -0.377 e. The van der Waals surface area contributed by atoms with E-state index in [9.17, 15) is 9.59 Å². The van der Waals surface area contributed by atoms with Crippen LogP contribution in [0.1, 0.15) is 19.4 Å². The number of rotatable bonds is 2. The molecule has 0 radical (unpaired) electrons. The number of ether oxygens (including phenoxy) is 2. The van der Waals surface area contributed by atoms with Crippen molar-refractivity contribution in [2.24, 2.45) is 0 Å². The van der Waals surface area contributed by atoms with E-state index in [0.717, 1.165) is 5.56 Å². The van der Waals surface area contributed by atoms with Gasteiger partial charge in [-0.2, -0.15) is 0 Å². The van der Waals surface area contributed by atoms with Crippen LogP contribution < -0.4 is 10.6 Å². The normalized spacial score (nSPS) is 23.1. The topological polar surface area (TPSA) is 83.1 Å². The maximum atomic E-state index is 12.6. The number of benzene rings is 1. The minimum absolute atomic E-state index is 0.0322. The van der Waals surface area contributed by atoms with Gasteiger partial charge in [0.15, 0.2) is 0 Å². The first-order valence-corrected chi connectivity index (χ1v) is 9.37. The van der Waals surface area contributed by atoms with E-state index in [0.29, 0.717) is 50.9 Å². The van der Waals surface area contributed by atoms with E-state index in [1.54, 1.807) is 15.9 Å². The highest BCUT2D eigenvalue weighted by molar-refractivity contribution is 5.93. The summed E-state index contributed by atoms with van der Waals surface area (Å²) in [5, 5.41) is 5.88. The van der Waals surface area contributed by atoms with Crippen molar-refractivity contribution in [3.05, 3.63) is 23.8 Å². The number of morpholine rings is 2. The highest BCUT2D eigenvalue weighted by Gasteiger charge is 2.25. The number of carbonyl (C=O) groups is 2. The molecule has 148 valence electrons. The molecule has 2 heterocycles. The Morgan fingerprint density at radius 1 is 0.963 bits per heavy atom. The molecule has 2 unspecified atom stereocenters. The lowest BCUT2D eigenvalue weighted by Gasteiger charge is -2.33. The first-order valence-electron chi connectivity index (χ1n) is 9.37. The van der Waals surface area contributed by atoms with Gasteiger partial charge in [0.05, 0.1) is 38.5 Å². The second-order valence-electron chi connectivity index (χ2n) is 7.12. The number of nitrogens with one attached hydrogen (secondary N) is 2. The summed E-state index contributed by atoms with van der Waals surface area (Å²) in [6.45, 7) is 9.16. The second-order valence-corrected chi connectivity index (χ2v) is 7.12. The molecule has 2 aliphatic rings. The Kier molecular flexibility index (Phi) is 6.18. The zero-order valence-electron chi connectivity index (χ0n) is 16.2. The zero-order valence-corrected chi connectivity index (χ0v) is 16.2. The first kappa shape index (κ1) is 19.4. The van der Waals surface area contributed by atoms with Crippen LogP contribution in [0.4, 0.5) is 21.0 Å². The van der Waals surface area contributed by atoms with Crippen LogP contribution in [0.5, 0.6) is 0 Å². The number of amides is 4. The summed E-state index contributed by atoms with van der Waals surface area (Å²) in [7, 11) is 0. The number of carbonyl (C=O) groups excluding carboxylic acids is 2. The van der Waals surface area contributed by atoms with Crippen molar-refractivity contribution in [3.63, 3.8) is 0 Å². The molecule has 1 aromatic rings. The molecule has 0 aromatic heterocycles. The molecule has 2 fully saturated rings. The molecular formula is C19H28N4O4. The summed E-state index contributed by atoms with van der Waals surface area (Å²) in [6, 6.07) is 5.27. The Labute approximate surface area is 159 Å². The van der Waals surface area contributed by atoms with Crippen molar-refractivity contribution in [3.8, 4) is 0 Å². The van der Waals surface area contributed by atoms with Crippen molar-refractivity contribution < 1.29 is 19.1 Å². The smallest absolute Gasteiger partial charge is 0.322 e. The second kappa shape index (κ2) is 8.58. The molecule has 3 rings (SSSR count). The highest BCUT2D eigenvalue weighted by Crippen LogP contribution is 2.22. The Hall–Kier alpha value is -2.32. The lowest BCUT2D eigenvalue weighted by atomic mass is 10.1. The quantitative estimate of drug-likeness (QED) is 0.831. The molecule has 8 nitrogen and oxygen atoms in total. The van der Waals surface area contributed by atoms with Crippen LogP contribution in [-0.2, 0) is 9.47 Å². The molecule has 2 atom stereocenters. The van der Waals surface area contributed by atoms with Crippen LogP contribution in [0.3, 0.4) is 0 Å². The molecule has 2 aliphatic heterocycles. The average Bonchev–Trinajstić information content (AvgIpc) is 2.65. The minimum atomic E-state index is -0.159. The van der Waals surface area contributed by atoms with Gasteiger partial charge in [-0.1, -0.05) is 6.07 Å². The molecule has 2 saturated heterocycles. The zero-order chi connectivity index (χ0) is 19.4. The van der Waals surface area contributed by atoms with Crippen LogP contribution in [0.15, 0.2) is 18.2 Å². The molecule has 0 bridgehead atoms. The molecule has 0 aliphatic carbocycles. The van der Waals surface area contributed by atoms with Crippen molar-refractivity contribution in [1.82, 2.24) is 9.80 Å². The standard InChI is InChI=1S/C19H28N4O4/c1-13-4-5-16(20-18(24)22-6-8-26-11-14(22)2)10-17(13)21-19(25)23-7-9-27-12-15(23)3/h4-5,10,14-15H,6-9,11-12H2,1-3H3,(H,20,24)(H,21,25). The number of anilines is 2. The van der Waals surface area contributed by atoms with Crippen LogP contribution in [0.25, 0.3) is 0 Å². The number of urea groups is 2. The van der Waals surface area contributed by atoms with E-state index < -0.39 is 0 Å². The molecule has 1 aromatic carbocycles. The number of hydrogen-bond donors (Lipinski definition) is 2.